The molecule has 0 spiro atoms. The predicted molar refractivity (Wildman–Crippen MR) is 77.6 cm³/mol. The molecule has 0 radical (unpaired) electrons. The van der Waals surface area contributed by atoms with E-state index in [0.29, 0.717) is 31.9 Å². The number of nitrogens with zero attached hydrogens (tertiary/aromatic N) is 3. The van der Waals surface area contributed by atoms with Gasteiger partial charge in [-0.3, -0.25) is 19.8 Å². The van der Waals surface area contributed by atoms with E-state index in [0.717, 1.165) is 6.07 Å². The van der Waals surface area contributed by atoms with Crippen LogP contribution in [0.25, 0.3) is 0 Å². The van der Waals surface area contributed by atoms with Crippen molar-refractivity contribution in [1.82, 2.24) is 4.90 Å². The molecule has 10 heteroatoms. The highest BCUT2D eigenvalue weighted by molar-refractivity contribution is 5.76. The van der Waals surface area contributed by atoms with Crippen LogP contribution in [0.1, 0.15) is 0 Å². The Hall–Kier alpha value is -2.49. The molecule has 2 N–H and O–H groups in total. The van der Waals surface area contributed by atoms with Crippen molar-refractivity contribution in [2.24, 2.45) is 5.73 Å². The fraction of sp³-hybridized carbons (Fsp3) is 0.462. The van der Waals surface area contributed by atoms with Crippen molar-refractivity contribution >= 4 is 17.3 Å². The molecule has 1 heterocycles. The number of rotatable bonds is 6. The molecule has 0 saturated carbocycles. The number of alkyl halides is 2. The molecule has 0 atom stereocenters. The second kappa shape index (κ2) is 7.18. The topological polar surface area (TPSA) is 102 Å². The van der Waals surface area contributed by atoms with E-state index >= 15 is 0 Å². The minimum Gasteiger partial charge on any atom is -0.435 e. The van der Waals surface area contributed by atoms with Crippen molar-refractivity contribution in [2.75, 3.05) is 37.6 Å². The van der Waals surface area contributed by atoms with Gasteiger partial charge in [-0.05, 0) is 12.1 Å². The van der Waals surface area contributed by atoms with Gasteiger partial charge in [0.2, 0.25) is 5.91 Å². The van der Waals surface area contributed by atoms with E-state index in [-0.39, 0.29) is 18.0 Å². The molecular formula is C13H16F2N4O4. The highest BCUT2D eigenvalue weighted by Crippen LogP contribution is 2.33. The molecule has 1 amide bonds. The van der Waals surface area contributed by atoms with Crippen LogP contribution in [0.3, 0.4) is 0 Å². The molecule has 8 nitrogen and oxygen atoms in total. The van der Waals surface area contributed by atoms with Crippen LogP contribution in [0.4, 0.5) is 20.2 Å². The standard InChI is InChI=1S/C13H16F2N4O4/c14-13(15)23-9-1-2-10(11(7-9)19(21)22)18-5-3-17(4-6-18)8-12(16)20/h1-2,7,13H,3-6,8H2,(H2,16,20). The third-order valence-corrected chi connectivity index (χ3v) is 3.46. The summed E-state index contributed by atoms with van der Waals surface area (Å²) in [7, 11) is 0. The summed E-state index contributed by atoms with van der Waals surface area (Å²) in [5.41, 5.74) is 5.16. The third kappa shape index (κ3) is 4.49. The van der Waals surface area contributed by atoms with Gasteiger partial charge in [0.25, 0.3) is 5.69 Å². The molecule has 1 fully saturated rings. The van der Waals surface area contributed by atoms with Crippen molar-refractivity contribution in [1.29, 1.82) is 0 Å². The molecule has 0 aromatic heterocycles. The molecule has 1 aliphatic rings. The van der Waals surface area contributed by atoms with Crippen molar-refractivity contribution in [3.63, 3.8) is 0 Å². The summed E-state index contributed by atoms with van der Waals surface area (Å²) >= 11 is 0. The second-order valence-corrected chi connectivity index (χ2v) is 5.02. The van der Waals surface area contributed by atoms with Crippen LogP contribution in [0.2, 0.25) is 0 Å². The molecule has 0 unspecified atom stereocenters. The van der Waals surface area contributed by atoms with Gasteiger partial charge in [-0.15, -0.1) is 0 Å². The van der Waals surface area contributed by atoms with Gasteiger partial charge in [0.15, 0.2) is 0 Å². The number of ether oxygens (including phenoxy) is 1. The van der Waals surface area contributed by atoms with Gasteiger partial charge in [-0.1, -0.05) is 0 Å². The zero-order chi connectivity index (χ0) is 17.0. The van der Waals surface area contributed by atoms with Gasteiger partial charge in [-0.2, -0.15) is 8.78 Å². The minimum absolute atomic E-state index is 0.136. The summed E-state index contributed by atoms with van der Waals surface area (Å²) in [6.07, 6.45) is 0. The largest absolute Gasteiger partial charge is 0.435 e. The molecule has 1 aromatic carbocycles. The first-order valence-electron chi connectivity index (χ1n) is 6.85. The van der Waals surface area contributed by atoms with Gasteiger partial charge in [-0.25, -0.2) is 0 Å². The smallest absolute Gasteiger partial charge is 0.387 e. The number of halogens is 2. The number of piperazine rings is 1. The highest BCUT2D eigenvalue weighted by atomic mass is 19.3. The fourth-order valence-corrected chi connectivity index (χ4v) is 2.46. The molecule has 0 aliphatic carbocycles. The number of benzene rings is 1. The van der Waals surface area contributed by atoms with Crippen LogP contribution in [0.5, 0.6) is 5.75 Å². The summed E-state index contributed by atoms with van der Waals surface area (Å²) < 4.78 is 28.6. The normalized spacial score (nSPS) is 15.7. The summed E-state index contributed by atoms with van der Waals surface area (Å²) in [6.45, 7) is -0.938. The Kier molecular flexibility index (Phi) is 5.27. The number of hydrogen-bond donors (Lipinski definition) is 1. The number of nitro groups is 1. The molecule has 1 aromatic rings. The van der Waals surface area contributed by atoms with Crippen molar-refractivity contribution in [3.05, 3.63) is 28.3 Å². The Balaban J connectivity index is 2.13. The molecule has 23 heavy (non-hydrogen) atoms. The summed E-state index contributed by atoms with van der Waals surface area (Å²) in [5.74, 6) is -0.694. The minimum atomic E-state index is -3.04. The number of anilines is 1. The van der Waals surface area contributed by atoms with E-state index in [2.05, 4.69) is 4.74 Å². The fourth-order valence-electron chi connectivity index (χ4n) is 2.46. The van der Waals surface area contributed by atoms with Crippen LogP contribution in [0, 0.1) is 10.1 Å². The first-order valence-corrected chi connectivity index (χ1v) is 6.85. The number of primary amides is 1. The number of nitro benzene ring substituents is 1. The second-order valence-electron chi connectivity index (χ2n) is 5.02. The SMILES string of the molecule is NC(=O)CN1CCN(c2ccc(OC(F)F)cc2[N+](=O)[O-])CC1. The molecular weight excluding hydrogens is 314 g/mol. The number of amides is 1. The molecule has 0 bridgehead atoms. The van der Waals surface area contributed by atoms with Gasteiger partial charge in [0.05, 0.1) is 17.5 Å². The summed E-state index contributed by atoms with van der Waals surface area (Å²) in [5, 5.41) is 11.2. The van der Waals surface area contributed by atoms with Crippen LogP contribution in [-0.4, -0.2) is 55.1 Å². The lowest BCUT2D eigenvalue weighted by molar-refractivity contribution is -0.384. The maximum absolute atomic E-state index is 12.2. The molecule has 126 valence electrons. The quantitative estimate of drug-likeness (QED) is 0.611. The molecule has 2 rings (SSSR count). The van der Waals surface area contributed by atoms with Crippen LogP contribution >= 0.6 is 0 Å². The van der Waals surface area contributed by atoms with Crippen molar-refractivity contribution < 1.29 is 23.2 Å². The van der Waals surface area contributed by atoms with Gasteiger partial charge in [0.1, 0.15) is 11.4 Å². The molecule has 1 saturated heterocycles. The zero-order valence-corrected chi connectivity index (χ0v) is 12.2. The van der Waals surface area contributed by atoms with Crippen LogP contribution < -0.4 is 15.4 Å². The predicted octanol–water partition coefficient (Wildman–Crippen LogP) is 0.803. The highest BCUT2D eigenvalue weighted by Gasteiger charge is 2.25. The first-order chi connectivity index (χ1) is 10.9. The zero-order valence-electron chi connectivity index (χ0n) is 12.2. The molecule has 1 aliphatic heterocycles. The number of nitrogens with two attached hydrogens (primary N) is 1. The maximum Gasteiger partial charge on any atom is 0.387 e. The summed E-state index contributed by atoms with van der Waals surface area (Å²) in [6, 6.07) is 3.64. The van der Waals surface area contributed by atoms with E-state index in [4.69, 9.17) is 5.73 Å². The number of hydrogen-bond acceptors (Lipinski definition) is 6. The van der Waals surface area contributed by atoms with Gasteiger partial charge < -0.3 is 15.4 Å². The average Bonchev–Trinajstić information content (AvgIpc) is 2.47. The van der Waals surface area contributed by atoms with E-state index < -0.39 is 17.4 Å². The number of carbonyl (C=O) groups excluding carboxylic acids is 1. The Morgan fingerprint density at radius 2 is 2.00 bits per heavy atom. The Labute approximate surface area is 130 Å². The lowest BCUT2D eigenvalue weighted by Gasteiger charge is -2.35. The lowest BCUT2D eigenvalue weighted by Crippen LogP contribution is -2.49. The van der Waals surface area contributed by atoms with E-state index in [1.165, 1.54) is 12.1 Å². The lowest BCUT2D eigenvalue weighted by atomic mass is 10.2. The number of carbonyl (C=O) groups is 1. The third-order valence-electron chi connectivity index (χ3n) is 3.46. The average molecular weight is 330 g/mol. The van der Waals surface area contributed by atoms with Crippen LogP contribution in [-0.2, 0) is 4.79 Å². The van der Waals surface area contributed by atoms with Crippen molar-refractivity contribution in [3.8, 4) is 5.75 Å². The Morgan fingerprint density at radius 3 is 2.52 bits per heavy atom. The monoisotopic (exact) mass is 330 g/mol. The Bertz CT molecular complexity index is 591. The van der Waals surface area contributed by atoms with Gasteiger partial charge >= 0.3 is 6.61 Å². The maximum atomic E-state index is 12.2. The Morgan fingerprint density at radius 1 is 1.35 bits per heavy atom. The first kappa shape index (κ1) is 16.9. The van der Waals surface area contributed by atoms with Crippen molar-refractivity contribution in [2.45, 2.75) is 6.61 Å². The van der Waals surface area contributed by atoms with Crippen LogP contribution in [0.15, 0.2) is 18.2 Å². The van der Waals surface area contributed by atoms with Gasteiger partial charge in [0, 0.05) is 26.2 Å². The van der Waals surface area contributed by atoms with E-state index in [1.54, 1.807) is 4.90 Å². The van der Waals surface area contributed by atoms with E-state index in [9.17, 15) is 23.7 Å². The van der Waals surface area contributed by atoms with E-state index in [1.807, 2.05) is 4.90 Å². The summed E-state index contributed by atoms with van der Waals surface area (Å²) in [4.78, 5) is 25.0.